The Morgan fingerprint density at radius 2 is 1.84 bits per heavy atom. The standard InChI is InChI=1S/C30H38N2O5/c1-5-8-17-36-24-12-9-21(10-13-24)27-26(29(34)30(35)32(27)16-15-31(6-2)7-3)28(33)22-11-14-25-23(19-22)18-20(4)37-25/h9-14,19-20,27,33H,5-8,15-18H2,1-4H3/p+1/t20-,27-/m0/s1. The minimum absolute atomic E-state index is 0.0682. The van der Waals surface area contributed by atoms with E-state index in [2.05, 4.69) is 20.8 Å². The number of hydrogen-bond acceptors (Lipinski definition) is 5. The van der Waals surface area contributed by atoms with Crippen molar-refractivity contribution >= 4 is 17.4 Å². The van der Waals surface area contributed by atoms with E-state index in [1.807, 2.05) is 43.3 Å². The van der Waals surface area contributed by atoms with E-state index in [9.17, 15) is 14.7 Å². The van der Waals surface area contributed by atoms with Crippen molar-refractivity contribution in [1.29, 1.82) is 0 Å². The molecule has 0 saturated carbocycles. The number of aliphatic hydroxyl groups is 1. The minimum atomic E-state index is -0.664. The molecule has 0 aromatic heterocycles. The minimum Gasteiger partial charge on any atom is -0.507 e. The van der Waals surface area contributed by atoms with Gasteiger partial charge in [0.2, 0.25) is 0 Å². The number of Topliss-reactive ketones (excluding diaryl/α,β-unsaturated/α-hetero) is 1. The lowest BCUT2D eigenvalue weighted by molar-refractivity contribution is -0.895. The molecule has 2 atom stereocenters. The predicted octanol–water partition coefficient (Wildman–Crippen LogP) is 3.54. The summed E-state index contributed by atoms with van der Waals surface area (Å²) in [5.74, 6) is 0.174. The average Bonchev–Trinajstić information content (AvgIpc) is 3.40. The highest BCUT2D eigenvalue weighted by Crippen LogP contribution is 2.40. The third-order valence-electron chi connectivity index (χ3n) is 7.38. The molecular formula is C30H39N2O5+. The smallest absolute Gasteiger partial charge is 0.295 e. The molecule has 198 valence electrons. The van der Waals surface area contributed by atoms with E-state index < -0.39 is 17.7 Å². The van der Waals surface area contributed by atoms with E-state index in [0.29, 0.717) is 18.7 Å². The van der Waals surface area contributed by atoms with Crippen molar-refractivity contribution in [2.75, 3.05) is 32.8 Å². The van der Waals surface area contributed by atoms with Crippen LogP contribution in [0.2, 0.25) is 0 Å². The molecular weight excluding hydrogens is 468 g/mol. The highest BCUT2D eigenvalue weighted by Gasteiger charge is 2.46. The maximum absolute atomic E-state index is 13.4. The monoisotopic (exact) mass is 507 g/mol. The van der Waals surface area contributed by atoms with Gasteiger partial charge in [0.05, 0.1) is 44.4 Å². The molecule has 2 N–H and O–H groups in total. The number of fused-ring (bicyclic) bond motifs is 1. The Kier molecular flexibility index (Phi) is 8.54. The topological polar surface area (TPSA) is 80.5 Å². The highest BCUT2D eigenvalue weighted by atomic mass is 16.5. The van der Waals surface area contributed by atoms with Crippen molar-refractivity contribution in [3.63, 3.8) is 0 Å². The van der Waals surface area contributed by atoms with Gasteiger partial charge in [0, 0.05) is 12.0 Å². The van der Waals surface area contributed by atoms with Crippen LogP contribution in [0.5, 0.6) is 11.5 Å². The molecule has 2 aromatic carbocycles. The van der Waals surface area contributed by atoms with E-state index in [1.165, 1.54) is 4.90 Å². The van der Waals surface area contributed by atoms with Crippen molar-refractivity contribution in [1.82, 2.24) is 4.90 Å². The molecule has 2 aliphatic heterocycles. The summed E-state index contributed by atoms with van der Waals surface area (Å²) in [5, 5.41) is 11.4. The van der Waals surface area contributed by atoms with Crippen molar-refractivity contribution in [2.24, 2.45) is 0 Å². The quantitative estimate of drug-likeness (QED) is 0.211. The van der Waals surface area contributed by atoms with Crippen LogP contribution < -0.4 is 14.4 Å². The molecule has 7 nitrogen and oxygen atoms in total. The Bertz CT molecular complexity index is 1150. The number of benzene rings is 2. The number of likely N-dealkylation sites (tertiary alicyclic amines) is 1. The van der Waals surface area contributed by atoms with Gasteiger partial charge in [-0.15, -0.1) is 0 Å². The molecule has 1 amide bonds. The molecule has 0 bridgehead atoms. The fourth-order valence-corrected chi connectivity index (χ4v) is 5.14. The molecule has 2 heterocycles. The Morgan fingerprint density at radius 3 is 2.51 bits per heavy atom. The maximum Gasteiger partial charge on any atom is 0.295 e. The molecule has 1 saturated heterocycles. The number of likely N-dealkylation sites (N-methyl/N-ethyl adjacent to an activating group) is 1. The number of nitrogens with one attached hydrogen (secondary N) is 1. The first kappa shape index (κ1) is 26.7. The number of hydrogen-bond donors (Lipinski definition) is 2. The lowest BCUT2D eigenvalue weighted by Crippen LogP contribution is -3.12. The van der Waals surface area contributed by atoms with Gasteiger partial charge in [-0.2, -0.15) is 0 Å². The van der Waals surface area contributed by atoms with Gasteiger partial charge in [-0.05, 0) is 68.7 Å². The second-order valence-electron chi connectivity index (χ2n) is 9.93. The number of carbonyl (C=O) groups is 2. The van der Waals surface area contributed by atoms with Gasteiger partial charge in [-0.25, -0.2) is 0 Å². The fraction of sp³-hybridized carbons (Fsp3) is 0.467. The zero-order valence-corrected chi connectivity index (χ0v) is 22.4. The molecule has 7 heteroatoms. The van der Waals surface area contributed by atoms with Crippen LogP contribution in [0.25, 0.3) is 5.76 Å². The SMILES string of the molecule is CCCCOc1ccc([C@H]2C(=C(O)c3ccc4c(c3)C[C@H](C)O4)C(=O)C(=O)N2CC[NH+](CC)CC)cc1. The molecule has 0 unspecified atom stereocenters. The summed E-state index contributed by atoms with van der Waals surface area (Å²) >= 11 is 0. The maximum atomic E-state index is 13.4. The second kappa shape index (κ2) is 11.8. The van der Waals surface area contributed by atoms with Crippen LogP contribution >= 0.6 is 0 Å². The largest absolute Gasteiger partial charge is 0.507 e. The summed E-state index contributed by atoms with van der Waals surface area (Å²) in [6.45, 7) is 12.0. The first-order chi connectivity index (χ1) is 17.9. The molecule has 4 rings (SSSR count). The van der Waals surface area contributed by atoms with Gasteiger partial charge in [0.25, 0.3) is 11.7 Å². The van der Waals surface area contributed by atoms with Crippen LogP contribution in [0, 0.1) is 0 Å². The van der Waals surface area contributed by atoms with Gasteiger partial charge in [0.1, 0.15) is 23.4 Å². The molecule has 2 aromatic rings. The summed E-state index contributed by atoms with van der Waals surface area (Å²) in [4.78, 5) is 29.6. The summed E-state index contributed by atoms with van der Waals surface area (Å²) < 4.78 is 11.6. The van der Waals surface area contributed by atoms with Crippen molar-refractivity contribution in [2.45, 2.75) is 59.1 Å². The van der Waals surface area contributed by atoms with Crippen molar-refractivity contribution < 1.29 is 29.1 Å². The molecule has 0 spiro atoms. The Morgan fingerprint density at radius 1 is 1.11 bits per heavy atom. The van der Waals surface area contributed by atoms with Crippen LogP contribution in [-0.2, 0) is 16.0 Å². The van der Waals surface area contributed by atoms with Gasteiger partial charge in [-0.3, -0.25) is 9.59 Å². The first-order valence-corrected chi connectivity index (χ1v) is 13.5. The summed E-state index contributed by atoms with van der Waals surface area (Å²) in [7, 11) is 0. The van der Waals surface area contributed by atoms with E-state index >= 15 is 0 Å². The molecule has 1 fully saturated rings. The van der Waals surface area contributed by atoms with Crippen LogP contribution in [0.3, 0.4) is 0 Å². The predicted molar refractivity (Wildman–Crippen MR) is 143 cm³/mol. The Hall–Kier alpha value is -3.32. The number of nitrogens with zero attached hydrogens (tertiary/aromatic N) is 1. The van der Waals surface area contributed by atoms with E-state index in [0.717, 1.165) is 61.5 Å². The van der Waals surface area contributed by atoms with Gasteiger partial charge >= 0.3 is 0 Å². The van der Waals surface area contributed by atoms with Crippen LogP contribution in [0.15, 0.2) is 48.0 Å². The molecule has 0 aliphatic carbocycles. The first-order valence-electron chi connectivity index (χ1n) is 13.5. The van der Waals surface area contributed by atoms with Crippen LogP contribution in [0.4, 0.5) is 0 Å². The molecule has 2 aliphatic rings. The third-order valence-corrected chi connectivity index (χ3v) is 7.38. The number of aliphatic hydroxyl groups excluding tert-OH is 1. The van der Waals surface area contributed by atoms with Crippen LogP contribution in [-0.4, -0.2) is 60.6 Å². The summed E-state index contributed by atoms with van der Waals surface area (Å²) in [6, 6.07) is 12.3. The fourth-order valence-electron chi connectivity index (χ4n) is 5.14. The van der Waals surface area contributed by atoms with Gasteiger partial charge in [0.15, 0.2) is 0 Å². The Balaban J connectivity index is 1.72. The lowest BCUT2D eigenvalue weighted by atomic mass is 9.94. The second-order valence-corrected chi connectivity index (χ2v) is 9.93. The zero-order valence-electron chi connectivity index (χ0n) is 22.4. The Labute approximate surface area is 219 Å². The normalized spacial score (nSPS) is 20.4. The number of amides is 1. The van der Waals surface area contributed by atoms with Gasteiger partial charge < -0.3 is 24.4 Å². The zero-order chi connectivity index (χ0) is 26.5. The van der Waals surface area contributed by atoms with E-state index in [-0.39, 0.29) is 17.4 Å². The third kappa shape index (κ3) is 5.67. The van der Waals surface area contributed by atoms with Crippen molar-refractivity contribution in [3.05, 3.63) is 64.7 Å². The van der Waals surface area contributed by atoms with Crippen LogP contribution in [0.1, 0.15) is 63.3 Å². The summed E-state index contributed by atoms with van der Waals surface area (Å²) in [6.07, 6.45) is 2.83. The number of carbonyl (C=O) groups excluding carboxylic acids is 2. The highest BCUT2D eigenvalue weighted by molar-refractivity contribution is 6.46. The molecule has 37 heavy (non-hydrogen) atoms. The van der Waals surface area contributed by atoms with E-state index in [4.69, 9.17) is 9.47 Å². The van der Waals surface area contributed by atoms with Crippen molar-refractivity contribution in [3.8, 4) is 11.5 Å². The van der Waals surface area contributed by atoms with E-state index in [1.54, 1.807) is 11.0 Å². The number of quaternary nitrogens is 1. The number of rotatable bonds is 11. The van der Waals surface area contributed by atoms with Gasteiger partial charge in [-0.1, -0.05) is 25.5 Å². The number of ether oxygens (including phenoxy) is 2. The average molecular weight is 508 g/mol. The number of ketones is 1. The lowest BCUT2D eigenvalue weighted by Gasteiger charge is -2.27. The summed E-state index contributed by atoms with van der Waals surface area (Å²) in [5.41, 5.74) is 2.41. The number of unbranched alkanes of at least 4 members (excludes halogenated alkanes) is 1. The molecule has 0 radical (unpaired) electrons.